The monoisotopic (exact) mass is 280 g/mol. The molecule has 5 heteroatoms. The van der Waals surface area contributed by atoms with Gasteiger partial charge in [0.15, 0.2) is 11.5 Å². The first-order chi connectivity index (χ1) is 9.56. The Labute approximate surface area is 120 Å². The molecule has 2 amide bonds. The predicted molar refractivity (Wildman–Crippen MR) is 79.3 cm³/mol. The predicted octanol–water partition coefficient (Wildman–Crippen LogP) is 2.47. The first-order valence-electron chi connectivity index (χ1n) is 6.92. The van der Waals surface area contributed by atoms with Crippen LogP contribution in [0.5, 0.6) is 11.5 Å². The maximum atomic E-state index is 10.8. The van der Waals surface area contributed by atoms with E-state index in [1.807, 2.05) is 25.1 Å². The van der Waals surface area contributed by atoms with E-state index >= 15 is 0 Å². The van der Waals surface area contributed by atoms with E-state index in [1.165, 1.54) is 0 Å². The summed E-state index contributed by atoms with van der Waals surface area (Å²) < 4.78 is 11.0. The van der Waals surface area contributed by atoms with Gasteiger partial charge < -0.3 is 20.5 Å². The third kappa shape index (κ3) is 5.38. The van der Waals surface area contributed by atoms with Crippen molar-refractivity contribution >= 4 is 6.03 Å². The molecule has 5 nitrogen and oxygen atoms in total. The Morgan fingerprint density at radius 1 is 1.40 bits per heavy atom. The minimum atomic E-state index is -0.509. The zero-order valence-electron chi connectivity index (χ0n) is 12.4. The van der Waals surface area contributed by atoms with E-state index in [9.17, 15) is 4.79 Å². The lowest BCUT2D eigenvalue weighted by atomic mass is 10.1. The average Bonchev–Trinajstić information content (AvgIpc) is 2.38. The van der Waals surface area contributed by atoms with Gasteiger partial charge in [-0.25, -0.2) is 4.79 Å². The van der Waals surface area contributed by atoms with Crippen LogP contribution in [0.3, 0.4) is 0 Å². The van der Waals surface area contributed by atoms with Crippen molar-refractivity contribution in [3.63, 3.8) is 0 Å². The summed E-state index contributed by atoms with van der Waals surface area (Å²) in [5.41, 5.74) is 6.18. The van der Waals surface area contributed by atoms with Gasteiger partial charge in [-0.2, -0.15) is 0 Å². The van der Waals surface area contributed by atoms with E-state index in [1.54, 1.807) is 7.11 Å². The Balaban J connectivity index is 2.72. The fraction of sp³-hybridized carbons (Fsp3) is 0.533. The molecule has 1 aromatic rings. The number of ether oxygens (including phenoxy) is 2. The van der Waals surface area contributed by atoms with Crippen LogP contribution < -0.4 is 20.5 Å². The van der Waals surface area contributed by atoms with E-state index < -0.39 is 6.03 Å². The maximum absolute atomic E-state index is 10.8. The van der Waals surface area contributed by atoms with Crippen molar-refractivity contribution in [2.45, 2.75) is 39.2 Å². The molecule has 0 saturated carbocycles. The highest BCUT2D eigenvalue weighted by molar-refractivity contribution is 5.71. The summed E-state index contributed by atoms with van der Waals surface area (Å²) in [5.74, 6) is 1.46. The molecule has 0 fully saturated rings. The normalized spacial score (nSPS) is 11.8. The molecule has 0 saturated heterocycles. The molecule has 1 atom stereocenters. The van der Waals surface area contributed by atoms with Crippen molar-refractivity contribution in [2.75, 3.05) is 13.7 Å². The van der Waals surface area contributed by atoms with Crippen molar-refractivity contribution in [3.05, 3.63) is 23.8 Å². The average molecular weight is 280 g/mol. The quantitative estimate of drug-likeness (QED) is 0.718. The van der Waals surface area contributed by atoms with Crippen molar-refractivity contribution in [3.8, 4) is 11.5 Å². The first-order valence-corrected chi connectivity index (χ1v) is 6.92. The van der Waals surface area contributed by atoms with Gasteiger partial charge in [-0.05, 0) is 37.5 Å². The van der Waals surface area contributed by atoms with Crippen LogP contribution in [0, 0.1) is 0 Å². The second-order valence-corrected chi connectivity index (χ2v) is 4.80. The Morgan fingerprint density at radius 3 is 2.75 bits per heavy atom. The number of hydrogen-bond donors (Lipinski definition) is 2. The number of rotatable bonds is 8. The van der Waals surface area contributed by atoms with Crippen LogP contribution >= 0.6 is 0 Å². The van der Waals surface area contributed by atoms with Gasteiger partial charge in [-0.1, -0.05) is 19.4 Å². The summed E-state index contributed by atoms with van der Waals surface area (Å²) in [7, 11) is 1.62. The number of nitrogens with one attached hydrogen (secondary N) is 1. The van der Waals surface area contributed by atoms with Crippen LogP contribution in [0.4, 0.5) is 4.79 Å². The molecule has 1 aromatic carbocycles. The molecule has 20 heavy (non-hydrogen) atoms. The van der Waals surface area contributed by atoms with E-state index in [-0.39, 0.29) is 6.04 Å². The summed E-state index contributed by atoms with van der Waals surface area (Å²) in [6.45, 7) is 4.70. The second kappa shape index (κ2) is 8.30. The molecule has 1 rings (SSSR count). The minimum absolute atomic E-state index is 0.0237. The molecule has 0 bridgehead atoms. The van der Waals surface area contributed by atoms with Crippen molar-refractivity contribution < 1.29 is 14.3 Å². The van der Waals surface area contributed by atoms with Crippen LogP contribution in [-0.2, 0) is 6.42 Å². The van der Waals surface area contributed by atoms with Gasteiger partial charge in [-0.3, -0.25) is 0 Å². The number of amides is 2. The summed E-state index contributed by atoms with van der Waals surface area (Å²) >= 11 is 0. The number of primary amides is 1. The molecular weight excluding hydrogens is 256 g/mol. The second-order valence-electron chi connectivity index (χ2n) is 4.80. The highest BCUT2D eigenvalue weighted by Crippen LogP contribution is 2.28. The van der Waals surface area contributed by atoms with Crippen molar-refractivity contribution in [1.82, 2.24) is 5.32 Å². The summed E-state index contributed by atoms with van der Waals surface area (Å²) in [6.07, 6.45) is 2.78. The number of carbonyl (C=O) groups is 1. The number of unbranched alkanes of at least 4 members (excludes halogenated alkanes) is 1. The maximum Gasteiger partial charge on any atom is 0.312 e. The van der Waals surface area contributed by atoms with Gasteiger partial charge in [0.1, 0.15) is 0 Å². The van der Waals surface area contributed by atoms with Crippen LogP contribution in [0.15, 0.2) is 18.2 Å². The molecule has 0 spiro atoms. The van der Waals surface area contributed by atoms with E-state index in [0.29, 0.717) is 13.0 Å². The highest BCUT2D eigenvalue weighted by atomic mass is 16.5. The zero-order chi connectivity index (χ0) is 15.0. The van der Waals surface area contributed by atoms with Gasteiger partial charge in [0.05, 0.1) is 13.7 Å². The van der Waals surface area contributed by atoms with Gasteiger partial charge >= 0.3 is 6.03 Å². The molecule has 0 aliphatic carbocycles. The fourth-order valence-electron chi connectivity index (χ4n) is 1.93. The molecule has 0 radical (unpaired) electrons. The number of methoxy groups -OCH3 is 1. The molecule has 1 unspecified atom stereocenters. The number of carbonyl (C=O) groups excluding carboxylic acids is 1. The van der Waals surface area contributed by atoms with Crippen molar-refractivity contribution in [2.24, 2.45) is 5.73 Å². The lowest BCUT2D eigenvalue weighted by Crippen LogP contribution is -2.37. The topological polar surface area (TPSA) is 73.6 Å². The van der Waals surface area contributed by atoms with Crippen LogP contribution in [0.1, 0.15) is 32.3 Å². The van der Waals surface area contributed by atoms with E-state index in [2.05, 4.69) is 12.2 Å². The molecule has 0 heterocycles. The smallest absolute Gasteiger partial charge is 0.312 e. The Kier molecular flexibility index (Phi) is 6.70. The van der Waals surface area contributed by atoms with Gasteiger partial charge in [0.25, 0.3) is 0 Å². The standard InChI is InChI=1S/C15H24N2O3/c1-4-5-8-20-14-10-12(6-7-13(14)19-3)9-11(2)17-15(16)18/h6-7,10-11H,4-5,8-9H2,1-3H3,(H3,16,17,18). The lowest BCUT2D eigenvalue weighted by molar-refractivity contribution is 0.246. The Morgan fingerprint density at radius 2 is 2.15 bits per heavy atom. The largest absolute Gasteiger partial charge is 0.493 e. The lowest BCUT2D eigenvalue weighted by Gasteiger charge is -2.15. The number of urea groups is 1. The van der Waals surface area contributed by atoms with Gasteiger partial charge in [0.2, 0.25) is 0 Å². The summed E-state index contributed by atoms with van der Waals surface area (Å²) in [4.78, 5) is 10.8. The molecule has 3 N–H and O–H groups in total. The third-order valence-electron chi connectivity index (χ3n) is 2.91. The molecule has 0 aliphatic rings. The first kappa shape index (κ1) is 16.1. The fourth-order valence-corrected chi connectivity index (χ4v) is 1.93. The Bertz CT molecular complexity index is 435. The van der Waals surface area contributed by atoms with Gasteiger partial charge in [0, 0.05) is 6.04 Å². The van der Waals surface area contributed by atoms with Gasteiger partial charge in [-0.15, -0.1) is 0 Å². The van der Waals surface area contributed by atoms with E-state index in [0.717, 1.165) is 29.9 Å². The minimum Gasteiger partial charge on any atom is -0.493 e. The zero-order valence-corrected chi connectivity index (χ0v) is 12.4. The SMILES string of the molecule is CCCCOc1cc(CC(C)NC(N)=O)ccc1OC. The summed E-state index contributed by atoms with van der Waals surface area (Å²) in [6, 6.07) is 5.26. The highest BCUT2D eigenvalue weighted by Gasteiger charge is 2.09. The van der Waals surface area contributed by atoms with Crippen LogP contribution in [-0.4, -0.2) is 25.8 Å². The third-order valence-corrected chi connectivity index (χ3v) is 2.91. The van der Waals surface area contributed by atoms with E-state index in [4.69, 9.17) is 15.2 Å². The Hall–Kier alpha value is -1.91. The number of nitrogens with two attached hydrogens (primary N) is 1. The molecule has 0 aromatic heterocycles. The molecular formula is C15H24N2O3. The molecule has 0 aliphatic heterocycles. The number of hydrogen-bond acceptors (Lipinski definition) is 3. The summed E-state index contributed by atoms with van der Waals surface area (Å²) in [5, 5.41) is 2.66. The van der Waals surface area contributed by atoms with Crippen LogP contribution in [0.2, 0.25) is 0 Å². The van der Waals surface area contributed by atoms with Crippen LogP contribution in [0.25, 0.3) is 0 Å². The van der Waals surface area contributed by atoms with Crippen molar-refractivity contribution in [1.29, 1.82) is 0 Å². The molecule has 112 valence electrons. The number of benzene rings is 1.